The summed E-state index contributed by atoms with van der Waals surface area (Å²) in [5, 5.41) is 16.2. The van der Waals surface area contributed by atoms with Crippen molar-refractivity contribution in [2.45, 2.75) is 25.0 Å². The number of nitrogens with zero attached hydrogens (tertiary/aromatic N) is 3. The minimum absolute atomic E-state index is 0.0916. The van der Waals surface area contributed by atoms with E-state index in [0.717, 1.165) is 17.8 Å². The smallest absolute Gasteiger partial charge is 0.332 e. The molecule has 2 N–H and O–H groups in total. The van der Waals surface area contributed by atoms with E-state index in [9.17, 15) is 4.79 Å². The molecule has 2 unspecified atom stereocenters. The zero-order valence-electron chi connectivity index (χ0n) is 10.2. The third-order valence-corrected chi connectivity index (χ3v) is 3.20. The number of carboxylic acids is 1. The second kappa shape index (κ2) is 4.85. The Bertz CT molecular complexity index is 597. The number of carbonyl (C=O) groups is 1. The highest BCUT2D eigenvalue weighted by Crippen LogP contribution is 2.21. The summed E-state index contributed by atoms with van der Waals surface area (Å²) < 4.78 is 7.15. The highest BCUT2D eigenvalue weighted by atomic mass is 16.5. The molecule has 3 heterocycles. The third-order valence-electron chi connectivity index (χ3n) is 3.20. The molecule has 0 aromatic carbocycles. The fourth-order valence-corrected chi connectivity index (χ4v) is 2.24. The molecule has 100 valence electrons. The van der Waals surface area contributed by atoms with E-state index in [2.05, 4.69) is 15.4 Å². The zero-order valence-corrected chi connectivity index (χ0v) is 10.2. The highest BCUT2D eigenvalue weighted by molar-refractivity contribution is 5.72. The van der Waals surface area contributed by atoms with Gasteiger partial charge in [0.15, 0.2) is 11.9 Å². The molecule has 3 rings (SSSR count). The maximum Gasteiger partial charge on any atom is 0.332 e. The molecule has 1 fully saturated rings. The van der Waals surface area contributed by atoms with Crippen molar-refractivity contribution in [1.29, 1.82) is 0 Å². The van der Waals surface area contributed by atoms with Gasteiger partial charge in [0.1, 0.15) is 5.52 Å². The van der Waals surface area contributed by atoms with Crippen LogP contribution in [0.2, 0.25) is 0 Å². The summed E-state index contributed by atoms with van der Waals surface area (Å²) in [4.78, 5) is 15.0. The van der Waals surface area contributed by atoms with Crippen molar-refractivity contribution >= 4 is 17.3 Å². The molecule has 7 nitrogen and oxygen atoms in total. The Balaban J connectivity index is 1.64. The molecule has 2 aromatic heterocycles. The molecule has 0 radical (unpaired) electrons. The van der Waals surface area contributed by atoms with Gasteiger partial charge in [-0.05, 0) is 18.9 Å². The van der Waals surface area contributed by atoms with Gasteiger partial charge >= 0.3 is 5.97 Å². The molecule has 0 aliphatic carbocycles. The van der Waals surface area contributed by atoms with Crippen LogP contribution in [-0.4, -0.2) is 44.4 Å². The van der Waals surface area contributed by atoms with Gasteiger partial charge in [0.2, 0.25) is 0 Å². The maximum atomic E-state index is 10.8. The van der Waals surface area contributed by atoms with Crippen molar-refractivity contribution in [3.8, 4) is 0 Å². The number of fused-ring (bicyclic) bond motifs is 1. The number of aliphatic carboxylic acids is 1. The van der Waals surface area contributed by atoms with Gasteiger partial charge in [-0.2, -0.15) is 5.10 Å². The van der Waals surface area contributed by atoms with E-state index >= 15 is 0 Å². The fraction of sp³-hybridized carbons (Fsp3) is 0.417. The summed E-state index contributed by atoms with van der Waals surface area (Å²) >= 11 is 0. The topological polar surface area (TPSA) is 88.8 Å². The first-order valence-corrected chi connectivity index (χ1v) is 6.14. The lowest BCUT2D eigenvalue weighted by Gasteiger charge is -2.13. The number of hydrogen-bond donors (Lipinski definition) is 2. The van der Waals surface area contributed by atoms with Crippen LogP contribution >= 0.6 is 0 Å². The molecule has 2 atom stereocenters. The van der Waals surface area contributed by atoms with E-state index < -0.39 is 12.1 Å². The monoisotopic (exact) mass is 262 g/mol. The normalized spacial score (nSPS) is 22.7. The molecule has 1 saturated heterocycles. The number of aromatic nitrogens is 3. The molecule has 0 bridgehead atoms. The second-order valence-corrected chi connectivity index (χ2v) is 4.48. The molecule has 0 amide bonds. The lowest BCUT2D eigenvalue weighted by atomic mass is 10.2. The second-order valence-electron chi connectivity index (χ2n) is 4.48. The molecular formula is C12H14N4O3. The summed E-state index contributed by atoms with van der Waals surface area (Å²) in [5.41, 5.74) is 0.885. The number of rotatable bonds is 4. The zero-order chi connectivity index (χ0) is 13.2. The van der Waals surface area contributed by atoms with E-state index in [-0.39, 0.29) is 6.10 Å². The summed E-state index contributed by atoms with van der Waals surface area (Å²) in [7, 11) is 0. The maximum absolute atomic E-state index is 10.8. The van der Waals surface area contributed by atoms with Crippen LogP contribution in [0.25, 0.3) is 5.52 Å². The van der Waals surface area contributed by atoms with Crippen LogP contribution in [0.4, 0.5) is 5.82 Å². The lowest BCUT2D eigenvalue weighted by molar-refractivity contribution is -0.149. The molecule has 19 heavy (non-hydrogen) atoms. The summed E-state index contributed by atoms with van der Waals surface area (Å²) in [6.45, 7) is 0.543. The Morgan fingerprint density at radius 1 is 1.53 bits per heavy atom. The van der Waals surface area contributed by atoms with Gasteiger partial charge in [0.25, 0.3) is 0 Å². The van der Waals surface area contributed by atoms with Crippen molar-refractivity contribution in [2.24, 2.45) is 0 Å². The van der Waals surface area contributed by atoms with Crippen molar-refractivity contribution in [3.05, 3.63) is 24.7 Å². The molecule has 7 heteroatoms. The summed E-state index contributed by atoms with van der Waals surface area (Å²) in [6.07, 6.45) is 5.68. The van der Waals surface area contributed by atoms with Gasteiger partial charge in [0, 0.05) is 18.9 Å². The van der Waals surface area contributed by atoms with Crippen LogP contribution in [0, 0.1) is 0 Å². The van der Waals surface area contributed by atoms with Gasteiger partial charge in [-0.25, -0.2) is 14.3 Å². The van der Waals surface area contributed by atoms with Crippen LogP contribution in [0.1, 0.15) is 12.8 Å². The minimum atomic E-state index is -0.890. The van der Waals surface area contributed by atoms with Crippen LogP contribution in [-0.2, 0) is 9.53 Å². The largest absolute Gasteiger partial charge is 0.479 e. The van der Waals surface area contributed by atoms with Crippen molar-refractivity contribution in [1.82, 2.24) is 14.6 Å². The van der Waals surface area contributed by atoms with Gasteiger partial charge in [-0.1, -0.05) is 0 Å². The number of carboxylic acid groups (broad SMARTS) is 1. The fourth-order valence-electron chi connectivity index (χ4n) is 2.24. The van der Waals surface area contributed by atoms with Crippen LogP contribution < -0.4 is 5.32 Å². The SMILES string of the molecule is O=C(O)C1CCC(CNc2nccn3nccc23)O1. The average molecular weight is 262 g/mol. The standard InChI is InChI=1S/C12H14N4O3/c17-12(18)10-2-1-8(19-10)7-14-11-9-3-4-15-16(9)6-5-13-11/h3-6,8,10H,1-2,7H2,(H,13,14)(H,17,18). The van der Waals surface area contributed by atoms with Gasteiger partial charge in [0.05, 0.1) is 12.3 Å². The van der Waals surface area contributed by atoms with Crippen LogP contribution in [0.15, 0.2) is 24.7 Å². The molecular weight excluding hydrogens is 248 g/mol. The van der Waals surface area contributed by atoms with Crippen molar-refractivity contribution in [2.75, 3.05) is 11.9 Å². The Morgan fingerprint density at radius 3 is 3.21 bits per heavy atom. The first kappa shape index (κ1) is 11.9. The van der Waals surface area contributed by atoms with E-state index in [1.807, 2.05) is 6.07 Å². The number of anilines is 1. The van der Waals surface area contributed by atoms with Gasteiger partial charge in [-0.15, -0.1) is 0 Å². The average Bonchev–Trinajstić information content (AvgIpc) is 3.05. The first-order chi connectivity index (χ1) is 9.24. The number of hydrogen-bond acceptors (Lipinski definition) is 5. The van der Waals surface area contributed by atoms with E-state index in [0.29, 0.717) is 13.0 Å². The van der Waals surface area contributed by atoms with Gasteiger partial charge in [-0.3, -0.25) is 0 Å². The molecule has 1 aliphatic heterocycles. The quantitative estimate of drug-likeness (QED) is 0.846. The van der Waals surface area contributed by atoms with Crippen LogP contribution in [0.5, 0.6) is 0 Å². The van der Waals surface area contributed by atoms with E-state index in [4.69, 9.17) is 9.84 Å². The molecule has 1 aliphatic rings. The lowest BCUT2D eigenvalue weighted by Crippen LogP contribution is -2.24. The summed E-state index contributed by atoms with van der Waals surface area (Å²) in [5.74, 6) is -0.166. The van der Waals surface area contributed by atoms with Crippen LogP contribution in [0.3, 0.4) is 0 Å². The highest BCUT2D eigenvalue weighted by Gasteiger charge is 2.30. The predicted octanol–water partition coefficient (Wildman–Crippen LogP) is 0.773. The molecule has 0 spiro atoms. The Labute approximate surface area is 109 Å². The van der Waals surface area contributed by atoms with E-state index in [1.54, 1.807) is 23.1 Å². The molecule has 0 saturated carbocycles. The summed E-state index contributed by atoms with van der Waals surface area (Å²) in [6, 6.07) is 1.87. The minimum Gasteiger partial charge on any atom is -0.479 e. The van der Waals surface area contributed by atoms with Gasteiger partial charge < -0.3 is 15.2 Å². The Kier molecular flexibility index (Phi) is 3.04. The van der Waals surface area contributed by atoms with Crippen molar-refractivity contribution < 1.29 is 14.6 Å². The third kappa shape index (κ3) is 2.37. The number of nitrogens with one attached hydrogen (secondary N) is 1. The van der Waals surface area contributed by atoms with Crippen molar-refractivity contribution in [3.63, 3.8) is 0 Å². The number of ether oxygens (including phenoxy) is 1. The predicted molar refractivity (Wildman–Crippen MR) is 67.0 cm³/mol. The molecule has 2 aromatic rings. The Hall–Kier alpha value is -2.15. The first-order valence-electron chi connectivity index (χ1n) is 6.14. The van der Waals surface area contributed by atoms with E-state index in [1.165, 1.54) is 0 Å². The Morgan fingerprint density at radius 2 is 2.42 bits per heavy atom.